The maximum Gasteiger partial charge on any atom is 0.0546 e. The lowest BCUT2D eigenvalue weighted by molar-refractivity contribution is -0.0244. The van der Waals surface area contributed by atoms with Crippen LogP contribution in [-0.2, 0) is 4.74 Å². The van der Waals surface area contributed by atoms with Gasteiger partial charge in [0.05, 0.1) is 6.61 Å². The molecule has 0 radical (unpaired) electrons. The highest BCUT2D eigenvalue weighted by atomic mass is 16.5. The molecule has 0 bridgehead atoms. The number of aliphatic hydroxyl groups excluding tert-OH is 1. The standard InChI is InChI=1S/C16H32N2O2/c1-14(2)17-11-16(6-3-9-20-13-16)12-18-7-4-15(10-18)5-8-19/h14-15,17,19H,3-13H2,1-2H3. The summed E-state index contributed by atoms with van der Waals surface area (Å²) >= 11 is 0. The summed E-state index contributed by atoms with van der Waals surface area (Å²) in [4.78, 5) is 2.59. The van der Waals surface area contributed by atoms with E-state index in [1.54, 1.807) is 0 Å². The molecule has 0 aromatic carbocycles. The van der Waals surface area contributed by atoms with Crippen molar-refractivity contribution < 1.29 is 9.84 Å². The Labute approximate surface area is 123 Å². The molecular weight excluding hydrogens is 252 g/mol. The van der Waals surface area contributed by atoms with E-state index in [0.717, 1.165) is 39.3 Å². The Balaban J connectivity index is 1.87. The summed E-state index contributed by atoms with van der Waals surface area (Å²) in [6.45, 7) is 11.1. The van der Waals surface area contributed by atoms with Crippen LogP contribution >= 0.6 is 0 Å². The normalized spacial score (nSPS) is 32.1. The van der Waals surface area contributed by atoms with Gasteiger partial charge < -0.3 is 20.1 Å². The Hall–Kier alpha value is -0.160. The van der Waals surface area contributed by atoms with Crippen molar-refractivity contribution >= 4 is 0 Å². The highest BCUT2D eigenvalue weighted by Gasteiger charge is 2.36. The highest BCUT2D eigenvalue weighted by Crippen LogP contribution is 2.31. The molecule has 0 spiro atoms. The van der Waals surface area contributed by atoms with Crippen molar-refractivity contribution in [1.29, 1.82) is 0 Å². The fraction of sp³-hybridized carbons (Fsp3) is 1.00. The first-order chi connectivity index (χ1) is 9.63. The molecule has 0 aliphatic carbocycles. The molecule has 2 heterocycles. The molecule has 2 fully saturated rings. The molecule has 20 heavy (non-hydrogen) atoms. The van der Waals surface area contributed by atoms with E-state index in [2.05, 4.69) is 24.1 Å². The smallest absolute Gasteiger partial charge is 0.0546 e. The van der Waals surface area contributed by atoms with Crippen molar-refractivity contribution in [1.82, 2.24) is 10.2 Å². The number of nitrogens with zero attached hydrogens (tertiary/aromatic N) is 1. The predicted octanol–water partition coefficient (Wildman–Crippen LogP) is 1.49. The SMILES string of the molecule is CC(C)NCC1(CN2CCC(CCO)C2)CCCOC1. The number of nitrogens with one attached hydrogen (secondary N) is 1. The zero-order valence-corrected chi connectivity index (χ0v) is 13.2. The monoisotopic (exact) mass is 284 g/mol. The second-order valence-corrected chi connectivity index (χ2v) is 7.09. The van der Waals surface area contributed by atoms with Crippen molar-refractivity contribution in [2.75, 3.05) is 46.0 Å². The van der Waals surface area contributed by atoms with Crippen molar-refractivity contribution in [2.24, 2.45) is 11.3 Å². The summed E-state index contributed by atoms with van der Waals surface area (Å²) in [5.41, 5.74) is 0.288. The van der Waals surface area contributed by atoms with Gasteiger partial charge in [-0.3, -0.25) is 0 Å². The summed E-state index contributed by atoms with van der Waals surface area (Å²) in [7, 11) is 0. The van der Waals surface area contributed by atoms with Gasteiger partial charge in [-0.15, -0.1) is 0 Å². The number of hydrogen-bond acceptors (Lipinski definition) is 4. The van der Waals surface area contributed by atoms with Gasteiger partial charge >= 0.3 is 0 Å². The summed E-state index contributed by atoms with van der Waals surface area (Å²) in [6, 6.07) is 0.537. The third kappa shape index (κ3) is 4.69. The van der Waals surface area contributed by atoms with E-state index in [9.17, 15) is 0 Å². The average molecular weight is 284 g/mol. The number of aliphatic hydroxyl groups is 1. The largest absolute Gasteiger partial charge is 0.396 e. The van der Waals surface area contributed by atoms with Crippen LogP contribution in [0.1, 0.15) is 39.5 Å². The third-order valence-electron chi connectivity index (χ3n) is 4.76. The van der Waals surface area contributed by atoms with E-state index in [4.69, 9.17) is 9.84 Å². The number of ether oxygens (including phenoxy) is 1. The van der Waals surface area contributed by atoms with Crippen molar-refractivity contribution in [3.05, 3.63) is 0 Å². The van der Waals surface area contributed by atoms with Gasteiger partial charge in [0, 0.05) is 44.3 Å². The number of likely N-dealkylation sites (tertiary alicyclic amines) is 1. The average Bonchev–Trinajstić information content (AvgIpc) is 2.85. The molecule has 2 saturated heterocycles. The fourth-order valence-electron chi connectivity index (χ4n) is 3.60. The Bertz CT molecular complexity index is 278. The maximum absolute atomic E-state index is 9.08. The predicted molar refractivity (Wildman–Crippen MR) is 81.9 cm³/mol. The van der Waals surface area contributed by atoms with Gasteiger partial charge in [-0.1, -0.05) is 13.8 Å². The van der Waals surface area contributed by atoms with Crippen LogP contribution in [0, 0.1) is 11.3 Å². The first-order valence-electron chi connectivity index (χ1n) is 8.28. The highest BCUT2D eigenvalue weighted by molar-refractivity contribution is 4.90. The maximum atomic E-state index is 9.08. The molecule has 0 aromatic rings. The van der Waals surface area contributed by atoms with Crippen molar-refractivity contribution in [3.63, 3.8) is 0 Å². The molecule has 4 nitrogen and oxygen atoms in total. The molecule has 2 aliphatic heterocycles. The number of rotatable bonds is 7. The molecule has 2 rings (SSSR count). The quantitative estimate of drug-likeness (QED) is 0.743. The molecule has 0 saturated carbocycles. The van der Waals surface area contributed by atoms with Gasteiger partial charge in [0.1, 0.15) is 0 Å². The number of hydrogen-bond donors (Lipinski definition) is 2. The summed E-state index contributed by atoms with van der Waals surface area (Å²) in [5, 5.41) is 12.7. The zero-order chi connectivity index (χ0) is 14.4. The molecule has 2 N–H and O–H groups in total. The zero-order valence-electron chi connectivity index (χ0n) is 13.2. The van der Waals surface area contributed by atoms with E-state index in [-0.39, 0.29) is 5.41 Å². The van der Waals surface area contributed by atoms with Gasteiger partial charge in [0.25, 0.3) is 0 Å². The van der Waals surface area contributed by atoms with Crippen LogP contribution < -0.4 is 5.32 Å². The second-order valence-electron chi connectivity index (χ2n) is 7.09. The molecule has 2 aliphatic rings. The van der Waals surface area contributed by atoms with E-state index in [1.807, 2.05) is 0 Å². The second kappa shape index (κ2) is 7.74. The van der Waals surface area contributed by atoms with E-state index >= 15 is 0 Å². The van der Waals surface area contributed by atoms with Gasteiger partial charge in [-0.25, -0.2) is 0 Å². The van der Waals surface area contributed by atoms with Crippen LogP contribution in [0.15, 0.2) is 0 Å². The lowest BCUT2D eigenvalue weighted by Gasteiger charge is -2.40. The Kier molecular flexibility index (Phi) is 6.27. The van der Waals surface area contributed by atoms with Gasteiger partial charge in [-0.05, 0) is 38.1 Å². The van der Waals surface area contributed by atoms with E-state index in [0.29, 0.717) is 18.6 Å². The van der Waals surface area contributed by atoms with Gasteiger partial charge in [0.2, 0.25) is 0 Å². The summed E-state index contributed by atoms with van der Waals surface area (Å²) < 4.78 is 5.80. The third-order valence-corrected chi connectivity index (χ3v) is 4.76. The first-order valence-corrected chi connectivity index (χ1v) is 8.28. The van der Waals surface area contributed by atoms with Crippen LogP contribution in [0.4, 0.5) is 0 Å². The van der Waals surface area contributed by atoms with Crippen molar-refractivity contribution in [3.8, 4) is 0 Å². The lowest BCUT2D eigenvalue weighted by atomic mass is 9.81. The Morgan fingerprint density at radius 3 is 2.95 bits per heavy atom. The molecule has 2 unspecified atom stereocenters. The molecule has 0 aromatic heterocycles. The van der Waals surface area contributed by atoms with Crippen LogP contribution in [0.5, 0.6) is 0 Å². The molecular formula is C16H32N2O2. The molecule has 0 amide bonds. The minimum Gasteiger partial charge on any atom is -0.396 e. The molecule has 2 atom stereocenters. The Morgan fingerprint density at radius 2 is 2.30 bits per heavy atom. The first kappa shape index (κ1) is 16.2. The molecule has 4 heteroatoms. The molecule has 118 valence electrons. The minimum absolute atomic E-state index is 0.288. The van der Waals surface area contributed by atoms with Gasteiger partial charge in [0.15, 0.2) is 0 Å². The topological polar surface area (TPSA) is 44.7 Å². The summed E-state index contributed by atoms with van der Waals surface area (Å²) in [5.74, 6) is 0.694. The fourth-order valence-corrected chi connectivity index (χ4v) is 3.60. The minimum atomic E-state index is 0.288. The lowest BCUT2D eigenvalue weighted by Crippen LogP contribution is -2.49. The van der Waals surface area contributed by atoms with Crippen LogP contribution in [0.3, 0.4) is 0 Å². The van der Waals surface area contributed by atoms with Gasteiger partial charge in [-0.2, -0.15) is 0 Å². The summed E-state index contributed by atoms with van der Waals surface area (Å²) in [6.07, 6.45) is 4.67. The Morgan fingerprint density at radius 1 is 1.45 bits per heavy atom. The van der Waals surface area contributed by atoms with Crippen molar-refractivity contribution in [2.45, 2.75) is 45.6 Å². The van der Waals surface area contributed by atoms with E-state index in [1.165, 1.54) is 25.8 Å². The van der Waals surface area contributed by atoms with Crippen LogP contribution in [-0.4, -0.2) is 62.0 Å². The van der Waals surface area contributed by atoms with Crippen LogP contribution in [0.25, 0.3) is 0 Å². The van der Waals surface area contributed by atoms with Crippen LogP contribution in [0.2, 0.25) is 0 Å². The van der Waals surface area contributed by atoms with E-state index < -0.39 is 0 Å².